The summed E-state index contributed by atoms with van der Waals surface area (Å²) in [6, 6.07) is 11.7. The van der Waals surface area contributed by atoms with Gasteiger partial charge in [0.15, 0.2) is 11.6 Å². The Hall–Kier alpha value is -1.62. The molecule has 1 aliphatic heterocycles. The monoisotopic (exact) mass is 375 g/mol. The number of piperidine rings is 1. The van der Waals surface area contributed by atoms with Crippen LogP contribution in [0.15, 0.2) is 36.4 Å². The molecule has 3 nitrogen and oxygen atoms in total. The van der Waals surface area contributed by atoms with Gasteiger partial charge in [0, 0.05) is 12.0 Å². The van der Waals surface area contributed by atoms with Gasteiger partial charge in [-0.05, 0) is 61.2 Å². The summed E-state index contributed by atoms with van der Waals surface area (Å²) in [5.74, 6) is -0.331. The van der Waals surface area contributed by atoms with Crippen LogP contribution in [0, 0.1) is 5.82 Å². The van der Waals surface area contributed by atoms with Crippen LogP contribution in [0.3, 0.4) is 0 Å². The van der Waals surface area contributed by atoms with E-state index in [1.54, 1.807) is 6.07 Å². The number of rotatable bonds is 3. The molecule has 1 spiro atoms. The molecule has 0 amide bonds. The number of aliphatic hydroxyl groups is 1. The molecule has 1 saturated heterocycles. The van der Waals surface area contributed by atoms with Crippen molar-refractivity contribution in [1.29, 1.82) is 0 Å². The minimum absolute atomic E-state index is 0.0960. The van der Waals surface area contributed by atoms with E-state index >= 15 is 0 Å². The highest BCUT2D eigenvalue weighted by Crippen LogP contribution is 2.46. The average molecular weight is 376 g/mol. The maximum absolute atomic E-state index is 14.1. The summed E-state index contributed by atoms with van der Waals surface area (Å²) in [4.78, 5) is 2.30. The number of hydrogen-bond acceptors (Lipinski definition) is 3. The molecular weight excluding hydrogens is 353 g/mol. The Morgan fingerprint density at radius 3 is 2.69 bits per heavy atom. The van der Waals surface area contributed by atoms with E-state index in [9.17, 15) is 9.50 Å². The van der Waals surface area contributed by atoms with Crippen molar-refractivity contribution in [2.24, 2.45) is 0 Å². The zero-order chi connectivity index (χ0) is 18.3. The smallest absolute Gasteiger partial charge is 0.173 e. The highest BCUT2D eigenvalue weighted by Gasteiger charge is 2.47. The SMILES string of the molecule is COc1c(F)cc(CN2CCC3(CC2)c2ccccc2C[C@H]3O)cc1Cl. The first-order valence-corrected chi connectivity index (χ1v) is 9.42. The van der Waals surface area contributed by atoms with Gasteiger partial charge in [-0.1, -0.05) is 35.9 Å². The first-order valence-electron chi connectivity index (χ1n) is 9.04. The van der Waals surface area contributed by atoms with Crippen LogP contribution in [0.5, 0.6) is 5.75 Å². The molecule has 4 rings (SSSR count). The summed E-state index contributed by atoms with van der Waals surface area (Å²) in [7, 11) is 1.42. The van der Waals surface area contributed by atoms with Crippen molar-refractivity contribution in [2.45, 2.75) is 37.3 Å². The molecule has 0 unspecified atom stereocenters. The molecule has 1 atom stereocenters. The van der Waals surface area contributed by atoms with Crippen LogP contribution in [0.25, 0.3) is 0 Å². The van der Waals surface area contributed by atoms with E-state index in [0.717, 1.165) is 37.9 Å². The van der Waals surface area contributed by atoms with Crippen LogP contribution in [0.1, 0.15) is 29.5 Å². The van der Waals surface area contributed by atoms with Crippen molar-refractivity contribution >= 4 is 11.6 Å². The molecule has 1 fully saturated rings. The molecule has 2 aromatic carbocycles. The van der Waals surface area contributed by atoms with Crippen LogP contribution < -0.4 is 4.74 Å². The van der Waals surface area contributed by atoms with Gasteiger partial charge < -0.3 is 9.84 Å². The molecule has 26 heavy (non-hydrogen) atoms. The number of ether oxygens (including phenoxy) is 1. The minimum atomic E-state index is -0.427. The fraction of sp³-hybridized carbons (Fsp3) is 0.429. The number of fused-ring (bicyclic) bond motifs is 2. The summed E-state index contributed by atoms with van der Waals surface area (Å²) in [6.45, 7) is 2.39. The minimum Gasteiger partial charge on any atom is -0.492 e. The van der Waals surface area contributed by atoms with Gasteiger partial charge in [-0.25, -0.2) is 4.39 Å². The van der Waals surface area contributed by atoms with Gasteiger partial charge in [-0.3, -0.25) is 4.90 Å². The second kappa shape index (κ2) is 6.84. The predicted octanol–water partition coefficient (Wildman–Crippen LogP) is 3.94. The summed E-state index contributed by atoms with van der Waals surface area (Å²) < 4.78 is 19.0. The zero-order valence-electron chi connectivity index (χ0n) is 14.8. The van der Waals surface area contributed by atoms with Crippen LogP contribution in [-0.4, -0.2) is 36.3 Å². The fourth-order valence-corrected chi connectivity index (χ4v) is 4.94. The van der Waals surface area contributed by atoms with E-state index in [1.807, 2.05) is 6.07 Å². The molecule has 0 aromatic heterocycles. The number of hydrogen-bond donors (Lipinski definition) is 1. The summed E-state index contributed by atoms with van der Waals surface area (Å²) in [5, 5.41) is 11.0. The van der Waals surface area contributed by atoms with E-state index in [0.29, 0.717) is 11.6 Å². The van der Waals surface area contributed by atoms with E-state index in [-0.39, 0.29) is 17.3 Å². The maximum atomic E-state index is 14.1. The Morgan fingerprint density at radius 1 is 1.27 bits per heavy atom. The third-order valence-corrected chi connectivity index (χ3v) is 6.30. The standard InChI is InChI=1S/C21H23ClFNO2/c1-26-20-17(22)10-14(11-18(20)23)13-24-8-6-21(7-9-24)16-5-3-2-4-15(16)12-19(21)25/h2-5,10-11,19,25H,6-9,12-13H2,1H3/t19-/m1/s1. The lowest BCUT2D eigenvalue weighted by molar-refractivity contribution is 0.0413. The summed E-state index contributed by atoms with van der Waals surface area (Å²) >= 11 is 6.11. The third-order valence-electron chi connectivity index (χ3n) is 6.02. The van der Waals surface area contributed by atoms with Crippen molar-refractivity contribution in [3.63, 3.8) is 0 Å². The van der Waals surface area contributed by atoms with E-state index in [1.165, 1.54) is 24.3 Å². The second-order valence-electron chi connectivity index (χ2n) is 7.40. The number of likely N-dealkylation sites (tertiary alicyclic amines) is 1. The van der Waals surface area contributed by atoms with Crippen molar-refractivity contribution in [2.75, 3.05) is 20.2 Å². The zero-order valence-corrected chi connectivity index (χ0v) is 15.6. The number of halogens is 2. The molecule has 2 aliphatic rings. The summed E-state index contributed by atoms with van der Waals surface area (Å²) in [6.07, 6.45) is 2.26. The topological polar surface area (TPSA) is 32.7 Å². The largest absolute Gasteiger partial charge is 0.492 e. The Morgan fingerprint density at radius 2 is 2.00 bits per heavy atom. The van der Waals surface area contributed by atoms with E-state index < -0.39 is 5.82 Å². The van der Waals surface area contributed by atoms with Crippen LogP contribution in [0.4, 0.5) is 4.39 Å². The molecule has 1 aliphatic carbocycles. The van der Waals surface area contributed by atoms with Gasteiger partial charge in [-0.15, -0.1) is 0 Å². The molecular formula is C21H23ClFNO2. The Balaban J connectivity index is 1.48. The highest BCUT2D eigenvalue weighted by atomic mass is 35.5. The van der Waals surface area contributed by atoms with Gasteiger partial charge in [0.05, 0.1) is 18.2 Å². The van der Waals surface area contributed by atoms with Crippen molar-refractivity contribution in [1.82, 2.24) is 4.90 Å². The van der Waals surface area contributed by atoms with Gasteiger partial charge in [0.2, 0.25) is 0 Å². The van der Waals surface area contributed by atoms with Crippen molar-refractivity contribution in [3.05, 3.63) is 63.9 Å². The second-order valence-corrected chi connectivity index (χ2v) is 7.81. The Labute approximate surface area is 158 Å². The first-order chi connectivity index (χ1) is 12.5. The number of aliphatic hydroxyl groups excluding tert-OH is 1. The Kier molecular flexibility index (Phi) is 4.68. The van der Waals surface area contributed by atoms with Crippen LogP contribution in [0.2, 0.25) is 5.02 Å². The van der Waals surface area contributed by atoms with Gasteiger partial charge in [-0.2, -0.15) is 0 Å². The number of benzene rings is 2. The third kappa shape index (κ3) is 2.90. The molecule has 1 N–H and O–H groups in total. The lowest BCUT2D eigenvalue weighted by Crippen LogP contribution is -2.47. The fourth-order valence-electron chi connectivity index (χ4n) is 4.64. The lowest BCUT2D eigenvalue weighted by atomic mass is 9.72. The van der Waals surface area contributed by atoms with Crippen LogP contribution >= 0.6 is 11.6 Å². The van der Waals surface area contributed by atoms with Crippen molar-refractivity contribution in [3.8, 4) is 5.75 Å². The van der Waals surface area contributed by atoms with E-state index in [4.69, 9.17) is 16.3 Å². The molecule has 0 bridgehead atoms. The quantitative estimate of drug-likeness (QED) is 0.882. The lowest BCUT2D eigenvalue weighted by Gasteiger charge is -2.42. The van der Waals surface area contributed by atoms with Gasteiger partial charge >= 0.3 is 0 Å². The molecule has 5 heteroatoms. The molecule has 2 aromatic rings. The average Bonchev–Trinajstić information content (AvgIpc) is 2.89. The maximum Gasteiger partial charge on any atom is 0.173 e. The first kappa shape index (κ1) is 17.8. The highest BCUT2D eigenvalue weighted by molar-refractivity contribution is 6.32. The predicted molar refractivity (Wildman–Crippen MR) is 100 cm³/mol. The van der Waals surface area contributed by atoms with Gasteiger partial charge in [0.25, 0.3) is 0 Å². The van der Waals surface area contributed by atoms with Gasteiger partial charge in [0.1, 0.15) is 0 Å². The Bertz CT molecular complexity index is 794. The van der Waals surface area contributed by atoms with E-state index in [2.05, 4.69) is 23.1 Å². The number of nitrogens with zero attached hydrogens (tertiary/aromatic N) is 1. The normalized spacial score (nSPS) is 21.8. The molecule has 1 heterocycles. The molecule has 0 radical (unpaired) electrons. The van der Waals surface area contributed by atoms with Crippen LogP contribution in [-0.2, 0) is 18.4 Å². The molecule has 0 saturated carbocycles. The van der Waals surface area contributed by atoms with Crippen molar-refractivity contribution < 1.29 is 14.2 Å². The number of methoxy groups -OCH3 is 1. The summed E-state index contributed by atoms with van der Waals surface area (Å²) in [5.41, 5.74) is 3.30. The molecule has 138 valence electrons.